The molecule has 4 bridgehead atoms. The fourth-order valence-electron chi connectivity index (χ4n) is 5.14. The predicted molar refractivity (Wildman–Crippen MR) is 69.7 cm³/mol. The highest BCUT2D eigenvalue weighted by molar-refractivity contribution is 5.17. The van der Waals surface area contributed by atoms with Crippen LogP contribution < -0.4 is 5.73 Å². The Morgan fingerprint density at radius 3 is 2.17 bits per heavy atom. The van der Waals surface area contributed by atoms with Crippen LogP contribution in [0.3, 0.4) is 0 Å². The third-order valence-electron chi connectivity index (χ3n) is 5.84. The van der Waals surface area contributed by atoms with Crippen LogP contribution in [-0.4, -0.2) is 14.8 Å². The zero-order valence-corrected chi connectivity index (χ0v) is 11.0. The van der Waals surface area contributed by atoms with E-state index in [1.807, 2.05) is 11.6 Å². The second-order valence-corrected chi connectivity index (χ2v) is 6.83. The molecule has 1 aromatic rings. The van der Waals surface area contributed by atoms with E-state index in [0.29, 0.717) is 5.95 Å². The Balaban J connectivity index is 1.57. The number of nitrogen functional groups attached to an aromatic ring is 1. The number of rotatable bonds is 2. The van der Waals surface area contributed by atoms with Crippen molar-refractivity contribution >= 4 is 5.95 Å². The Bertz CT molecular complexity index is 436. The van der Waals surface area contributed by atoms with Crippen molar-refractivity contribution in [2.45, 2.75) is 38.5 Å². The zero-order valence-electron chi connectivity index (χ0n) is 11.0. The molecule has 0 amide bonds. The molecule has 4 aliphatic carbocycles. The minimum Gasteiger partial charge on any atom is -0.368 e. The molecule has 0 unspecified atom stereocenters. The molecular weight excluding hydrogens is 224 g/mol. The highest BCUT2D eigenvalue weighted by Crippen LogP contribution is 2.57. The summed E-state index contributed by atoms with van der Waals surface area (Å²) in [4.78, 5) is 0. The van der Waals surface area contributed by atoms with E-state index in [2.05, 4.69) is 10.2 Å². The number of hydrogen-bond acceptors (Lipinski definition) is 3. The third-order valence-corrected chi connectivity index (χ3v) is 5.84. The van der Waals surface area contributed by atoms with Crippen molar-refractivity contribution in [3.05, 3.63) is 5.82 Å². The lowest BCUT2D eigenvalue weighted by Gasteiger charge is -2.54. The molecule has 0 aromatic carbocycles. The van der Waals surface area contributed by atoms with E-state index in [1.54, 1.807) is 0 Å². The maximum absolute atomic E-state index is 5.78. The monoisotopic (exact) mass is 246 g/mol. The fourth-order valence-corrected chi connectivity index (χ4v) is 5.14. The van der Waals surface area contributed by atoms with Gasteiger partial charge in [-0.3, -0.25) is 0 Å². The molecule has 0 spiro atoms. The number of nitrogens with zero attached hydrogens (tertiary/aromatic N) is 3. The smallest absolute Gasteiger partial charge is 0.221 e. The first-order chi connectivity index (χ1) is 8.70. The second-order valence-electron chi connectivity index (χ2n) is 6.83. The molecule has 4 nitrogen and oxygen atoms in total. The summed E-state index contributed by atoms with van der Waals surface area (Å²) in [5.41, 5.74) is 5.78. The van der Waals surface area contributed by atoms with Crippen LogP contribution >= 0.6 is 0 Å². The van der Waals surface area contributed by atoms with Gasteiger partial charge in [0.15, 0.2) is 0 Å². The molecule has 4 fully saturated rings. The van der Waals surface area contributed by atoms with Gasteiger partial charge in [0.05, 0.1) is 0 Å². The lowest BCUT2D eigenvalue weighted by atomic mass is 9.51. The number of hydrogen-bond donors (Lipinski definition) is 1. The van der Waals surface area contributed by atoms with Gasteiger partial charge in [0.1, 0.15) is 5.82 Å². The van der Waals surface area contributed by atoms with Gasteiger partial charge in [0.2, 0.25) is 5.95 Å². The van der Waals surface area contributed by atoms with Crippen LogP contribution in [-0.2, 0) is 13.5 Å². The van der Waals surface area contributed by atoms with Gasteiger partial charge < -0.3 is 10.3 Å². The molecule has 0 atom stereocenters. The van der Waals surface area contributed by atoms with Crippen molar-refractivity contribution in [3.63, 3.8) is 0 Å². The number of aromatic nitrogens is 3. The van der Waals surface area contributed by atoms with Crippen molar-refractivity contribution in [2.24, 2.45) is 36.6 Å². The fraction of sp³-hybridized carbons (Fsp3) is 0.857. The van der Waals surface area contributed by atoms with E-state index < -0.39 is 0 Å². The van der Waals surface area contributed by atoms with E-state index in [4.69, 9.17) is 5.73 Å². The van der Waals surface area contributed by atoms with E-state index in [0.717, 1.165) is 41.8 Å². The molecule has 1 heterocycles. The van der Waals surface area contributed by atoms with Gasteiger partial charge in [0.25, 0.3) is 0 Å². The average molecular weight is 246 g/mol. The topological polar surface area (TPSA) is 56.7 Å². The summed E-state index contributed by atoms with van der Waals surface area (Å²) in [6, 6.07) is 0. The third kappa shape index (κ3) is 1.50. The molecule has 0 saturated heterocycles. The Morgan fingerprint density at radius 2 is 1.67 bits per heavy atom. The van der Waals surface area contributed by atoms with Crippen molar-refractivity contribution in [1.29, 1.82) is 0 Å². The maximum Gasteiger partial charge on any atom is 0.221 e. The van der Waals surface area contributed by atoms with Crippen LogP contribution in [0.1, 0.15) is 37.9 Å². The van der Waals surface area contributed by atoms with Crippen LogP contribution in [0.25, 0.3) is 0 Å². The quantitative estimate of drug-likeness (QED) is 0.868. The van der Waals surface area contributed by atoms with Crippen LogP contribution in [0.2, 0.25) is 0 Å². The maximum atomic E-state index is 5.78. The largest absolute Gasteiger partial charge is 0.368 e. The van der Waals surface area contributed by atoms with Crippen LogP contribution in [0.4, 0.5) is 5.95 Å². The summed E-state index contributed by atoms with van der Waals surface area (Å²) in [7, 11) is 1.99. The average Bonchev–Trinajstić information content (AvgIpc) is 2.64. The molecule has 5 rings (SSSR count). The van der Waals surface area contributed by atoms with Crippen LogP contribution in [0.5, 0.6) is 0 Å². The van der Waals surface area contributed by atoms with Gasteiger partial charge in [-0.15, -0.1) is 10.2 Å². The first-order valence-corrected chi connectivity index (χ1v) is 7.34. The second kappa shape index (κ2) is 3.72. The van der Waals surface area contributed by atoms with Crippen LogP contribution in [0.15, 0.2) is 0 Å². The molecular formula is C14H22N4. The van der Waals surface area contributed by atoms with Gasteiger partial charge in [-0.2, -0.15) is 0 Å². The summed E-state index contributed by atoms with van der Waals surface area (Å²) in [5.74, 6) is 6.50. The van der Waals surface area contributed by atoms with E-state index in [-0.39, 0.29) is 0 Å². The van der Waals surface area contributed by atoms with Crippen molar-refractivity contribution in [2.75, 3.05) is 5.73 Å². The molecule has 4 aliphatic rings. The summed E-state index contributed by atoms with van der Waals surface area (Å²) in [6.07, 6.45) is 8.53. The molecule has 4 saturated carbocycles. The van der Waals surface area contributed by atoms with E-state index in [9.17, 15) is 0 Å². The molecule has 0 aliphatic heterocycles. The Kier molecular flexibility index (Phi) is 2.24. The van der Waals surface area contributed by atoms with Crippen molar-refractivity contribution in [3.8, 4) is 0 Å². The number of nitrogens with two attached hydrogens (primary N) is 1. The first kappa shape index (κ1) is 10.8. The molecule has 1 aromatic heterocycles. The van der Waals surface area contributed by atoms with Gasteiger partial charge in [0, 0.05) is 13.5 Å². The summed E-state index contributed by atoms with van der Waals surface area (Å²) >= 11 is 0. The predicted octanol–water partition coefficient (Wildman–Crippen LogP) is 2.01. The first-order valence-electron chi connectivity index (χ1n) is 7.34. The van der Waals surface area contributed by atoms with Crippen molar-refractivity contribution in [1.82, 2.24) is 14.8 Å². The molecule has 4 heteroatoms. The normalized spacial score (nSPS) is 41.5. The van der Waals surface area contributed by atoms with Gasteiger partial charge in [-0.25, -0.2) is 0 Å². The lowest BCUT2D eigenvalue weighted by molar-refractivity contribution is -0.0369. The molecule has 98 valence electrons. The molecule has 0 radical (unpaired) electrons. The van der Waals surface area contributed by atoms with Gasteiger partial charge >= 0.3 is 0 Å². The van der Waals surface area contributed by atoms with Gasteiger partial charge in [-0.05, 0) is 61.7 Å². The number of anilines is 1. The Hall–Kier alpha value is -1.06. The standard InChI is InChI=1S/C14H22N4/c1-18-13(16-17-14(18)15)7-12-10-3-8-2-9(5-10)6-11(12)4-8/h8-12H,2-7H2,1H3,(H2,15,17). The summed E-state index contributed by atoms with van der Waals surface area (Å²) in [6.45, 7) is 0. The lowest BCUT2D eigenvalue weighted by Crippen LogP contribution is -2.46. The Morgan fingerprint density at radius 1 is 1.06 bits per heavy atom. The van der Waals surface area contributed by atoms with Gasteiger partial charge in [-0.1, -0.05) is 0 Å². The molecule has 2 N–H and O–H groups in total. The van der Waals surface area contributed by atoms with E-state index in [1.165, 1.54) is 32.1 Å². The van der Waals surface area contributed by atoms with E-state index >= 15 is 0 Å². The highest BCUT2D eigenvalue weighted by Gasteiger charge is 2.48. The minimum absolute atomic E-state index is 0.550. The van der Waals surface area contributed by atoms with Crippen molar-refractivity contribution < 1.29 is 0 Å². The highest BCUT2D eigenvalue weighted by atomic mass is 15.3. The summed E-state index contributed by atoms with van der Waals surface area (Å²) < 4.78 is 1.96. The SMILES string of the molecule is Cn1c(N)nnc1CC1C2CC3CC(C2)CC1C3. The zero-order chi connectivity index (χ0) is 12.3. The minimum atomic E-state index is 0.550. The summed E-state index contributed by atoms with van der Waals surface area (Å²) in [5, 5.41) is 8.24. The Labute approximate surface area is 108 Å². The van der Waals surface area contributed by atoms with Crippen LogP contribution in [0, 0.1) is 29.6 Å². The molecule has 18 heavy (non-hydrogen) atoms.